The highest BCUT2D eigenvalue weighted by atomic mass is 19.3. The van der Waals surface area contributed by atoms with Crippen molar-refractivity contribution in [3.63, 3.8) is 0 Å². The second-order valence-electron chi connectivity index (χ2n) is 4.78. The molecule has 1 atom stereocenters. The van der Waals surface area contributed by atoms with Crippen LogP contribution in [-0.4, -0.2) is 40.9 Å². The number of ether oxygens (including phenoxy) is 1. The van der Waals surface area contributed by atoms with Gasteiger partial charge in [-0.2, -0.15) is 0 Å². The number of aliphatic carboxylic acids is 1. The van der Waals surface area contributed by atoms with E-state index in [9.17, 15) is 18.7 Å². The Morgan fingerprint density at radius 2 is 1.94 bits per heavy atom. The molecule has 92 valence electrons. The number of rotatable bonds is 2. The topological polar surface area (TPSA) is 66.8 Å². The highest BCUT2D eigenvalue weighted by molar-refractivity contribution is 5.78. The predicted octanol–water partition coefficient (Wildman–Crippen LogP) is 1.03. The van der Waals surface area contributed by atoms with Crippen LogP contribution in [0.1, 0.15) is 25.7 Å². The number of aliphatic hydroxyl groups is 1. The Morgan fingerprint density at radius 3 is 2.31 bits per heavy atom. The van der Waals surface area contributed by atoms with E-state index in [2.05, 4.69) is 0 Å². The normalized spacial score (nSPS) is 36.4. The third-order valence-corrected chi connectivity index (χ3v) is 3.64. The number of carboxylic acid groups (broad SMARTS) is 1. The summed E-state index contributed by atoms with van der Waals surface area (Å²) in [7, 11) is 0. The largest absolute Gasteiger partial charge is 0.481 e. The van der Waals surface area contributed by atoms with Crippen molar-refractivity contribution in [2.24, 2.45) is 5.41 Å². The van der Waals surface area contributed by atoms with Crippen LogP contribution in [0.3, 0.4) is 0 Å². The van der Waals surface area contributed by atoms with Gasteiger partial charge in [0.1, 0.15) is 11.0 Å². The molecule has 1 heterocycles. The molecule has 0 aromatic rings. The molecule has 1 saturated heterocycles. The average molecular weight is 236 g/mol. The van der Waals surface area contributed by atoms with Crippen LogP contribution in [0.25, 0.3) is 0 Å². The summed E-state index contributed by atoms with van der Waals surface area (Å²) < 4.78 is 30.8. The van der Waals surface area contributed by atoms with Gasteiger partial charge < -0.3 is 14.9 Å². The van der Waals surface area contributed by atoms with E-state index < -0.39 is 35.7 Å². The molecule has 0 bridgehead atoms. The summed E-state index contributed by atoms with van der Waals surface area (Å²) >= 11 is 0. The van der Waals surface area contributed by atoms with E-state index >= 15 is 0 Å². The summed E-state index contributed by atoms with van der Waals surface area (Å²) in [4.78, 5) is 11.1. The highest BCUT2D eigenvalue weighted by Gasteiger charge is 2.70. The van der Waals surface area contributed by atoms with E-state index in [1.54, 1.807) is 0 Å². The zero-order chi connectivity index (χ0) is 12.0. The first-order valence-corrected chi connectivity index (χ1v) is 5.23. The molecule has 2 N–H and O–H groups in total. The Balaban J connectivity index is 2.24. The molecular weight excluding hydrogens is 222 g/mol. The fourth-order valence-corrected chi connectivity index (χ4v) is 2.67. The van der Waals surface area contributed by atoms with Crippen molar-refractivity contribution in [2.45, 2.75) is 37.2 Å². The summed E-state index contributed by atoms with van der Waals surface area (Å²) in [6, 6.07) is 0. The predicted molar refractivity (Wildman–Crippen MR) is 49.3 cm³/mol. The summed E-state index contributed by atoms with van der Waals surface area (Å²) in [5, 5.41) is 19.3. The maximum absolute atomic E-state index is 12.9. The number of hydrogen-bond acceptors (Lipinski definition) is 3. The van der Waals surface area contributed by atoms with E-state index in [4.69, 9.17) is 9.84 Å². The van der Waals surface area contributed by atoms with Gasteiger partial charge in [0, 0.05) is 19.4 Å². The maximum Gasteiger partial charge on any atom is 0.313 e. The molecule has 0 spiro atoms. The quantitative estimate of drug-likeness (QED) is 0.751. The van der Waals surface area contributed by atoms with Gasteiger partial charge in [-0.25, -0.2) is 8.78 Å². The molecule has 1 aliphatic carbocycles. The van der Waals surface area contributed by atoms with Crippen molar-refractivity contribution in [1.29, 1.82) is 0 Å². The fraction of sp³-hybridized carbons (Fsp3) is 0.900. The molecule has 2 fully saturated rings. The Labute approximate surface area is 91.2 Å². The van der Waals surface area contributed by atoms with Crippen LogP contribution in [0.15, 0.2) is 0 Å². The Bertz CT molecular complexity index is 302. The van der Waals surface area contributed by atoms with Crippen LogP contribution >= 0.6 is 0 Å². The maximum atomic E-state index is 12.9. The van der Waals surface area contributed by atoms with E-state index in [1.165, 1.54) is 0 Å². The lowest BCUT2D eigenvalue weighted by Gasteiger charge is -2.54. The summed E-state index contributed by atoms with van der Waals surface area (Å²) in [5.74, 6) is -4.34. The SMILES string of the molecule is O=C(O)C1(C2(O)CCCOC2)CC(F)(F)C1. The molecule has 4 nitrogen and oxygen atoms in total. The van der Waals surface area contributed by atoms with Crippen LogP contribution in [0.5, 0.6) is 0 Å². The van der Waals surface area contributed by atoms with Gasteiger partial charge in [-0.05, 0) is 12.8 Å². The third kappa shape index (κ3) is 1.51. The van der Waals surface area contributed by atoms with Crippen molar-refractivity contribution < 1.29 is 28.5 Å². The van der Waals surface area contributed by atoms with E-state index in [1.807, 2.05) is 0 Å². The lowest BCUT2D eigenvalue weighted by atomic mass is 9.55. The first kappa shape index (κ1) is 11.7. The molecule has 1 saturated carbocycles. The van der Waals surface area contributed by atoms with Crippen LogP contribution < -0.4 is 0 Å². The van der Waals surface area contributed by atoms with Crippen LogP contribution in [0.2, 0.25) is 0 Å². The molecule has 2 rings (SSSR count). The van der Waals surface area contributed by atoms with Crippen LogP contribution in [0, 0.1) is 5.41 Å². The van der Waals surface area contributed by atoms with E-state index in [0.29, 0.717) is 13.0 Å². The first-order valence-electron chi connectivity index (χ1n) is 5.23. The number of hydrogen-bond donors (Lipinski definition) is 2. The van der Waals surface area contributed by atoms with Gasteiger partial charge in [-0.3, -0.25) is 4.79 Å². The number of carbonyl (C=O) groups is 1. The van der Waals surface area contributed by atoms with Crippen molar-refractivity contribution in [1.82, 2.24) is 0 Å². The Hall–Kier alpha value is -0.750. The molecular formula is C10H14F2O4. The standard InChI is InChI=1S/C10H14F2O4/c11-10(12)4-8(5-10,7(13)14)9(15)2-1-3-16-6-9/h15H,1-6H2,(H,13,14). The second kappa shape index (κ2) is 3.37. The van der Waals surface area contributed by atoms with E-state index in [-0.39, 0.29) is 13.0 Å². The second-order valence-corrected chi connectivity index (χ2v) is 4.78. The molecule has 0 aromatic carbocycles. The zero-order valence-electron chi connectivity index (χ0n) is 8.71. The Morgan fingerprint density at radius 1 is 1.31 bits per heavy atom. The Kier molecular flexibility index (Phi) is 2.47. The fourth-order valence-electron chi connectivity index (χ4n) is 2.67. The lowest BCUT2D eigenvalue weighted by molar-refractivity contribution is -0.263. The van der Waals surface area contributed by atoms with Gasteiger partial charge >= 0.3 is 5.97 Å². The van der Waals surface area contributed by atoms with Gasteiger partial charge in [0.2, 0.25) is 0 Å². The summed E-state index contributed by atoms with van der Waals surface area (Å²) in [6.07, 6.45) is -0.892. The summed E-state index contributed by atoms with van der Waals surface area (Å²) in [5.41, 5.74) is -3.39. The van der Waals surface area contributed by atoms with Gasteiger partial charge in [-0.15, -0.1) is 0 Å². The van der Waals surface area contributed by atoms with Gasteiger partial charge in [0.05, 0.1) is 6.61 Å². The minimum atomic E-state index is -2.98. The molecule has 1 aliphatic heterocycles. The minimum absolute atomic E-state index is 0.171. The van der Waals surface area contributed by atoms with Gasteiger partial charge in [-0.1, -0.05) is 0 Å². The number of alkyl halides is 2. The molecule has 16 heavy (non-hydrogen) atoms. The number of halogens is 2. The van der Waals surface area contributed by atoms with Crippen LogP contribution in [-0.2, 0) is 9.53 Å². The molecule has 0 radical (unpaired) electrons. The highest BCUT2D eigenvalue weighted by Crippen LogP contribution is 2.59. The van der Waals surface area contributed by atoms with Gasteiger partial charge in [0.25, 0.3) is 5.92 Å². The molecule has 2 aliphatic rings. The lowest BCUT2D eigenvalue weighted by Crippen LogP contribution is -2.66. The molecule has 0 aromatic heterocycles. The first-order chi connectivity index (χ1) is 7.31. The minimum Gasteiger partial charge on any atom is -0.481 e. The molecule has 0 amide bonds. The third-order valence-electron chi connectivity index (χ3n) is 3.64. The number of carboxylic acids is 1. The van der Waals surface area contributed by atoms with Gasteiger partial charge in [0.15, 0.2) is 0 Å². The summed E-state index contributed by atoms with van der Waals surface area (Å²) in [6.45, 7) is 0.268. The smallest absolute Gasteiger partial charge is 0.313 e. The van der Waals surface area contributed by atoms with Crippen molar-refractivity contribution in [3.05, 3.63) is 0 Å². The van der Waals surface area contributed by atoms with E-state index in [0.717, 1.165) is 0 Å². The van der Waals surface area contributed by atoms with Crippen LogP contribution in [0.4, 0.5) is 8.78 Å². The molecule has 1 unspecified atom stereocenters. The average Bonchev–Trinajstić information content (AvgIpc) is 2.14. The van der Waals surface area contributed by atoms with Crippen molar-refractivity contribution >= 4 is 5.97 Å². The monoisotopic (exact) mass is 236 g/mol. The van der Waals surface area contributed by atoms with Crippen molar-refractivity contribution in [3.8, 4) is 0 Å². The van der Waals surface area contributed by atoms with Crippen molar-refractivity contribution in [2.75, 3.05) is 13.2 Å². The molecule has 6 heteroatoms. The zero-order valence-corrected chi connectivity index (χ0v) is 8.71.